The normalized spacial score (nSPS) is 10.9. The van der Waals surface area contributed by atoms with Crippen LogP contribution in [0.15, 0.2) is 9.93 Å². The van der Waals surface area contributed by atoms with Crippen LogP contribution >= 0.6 is 11.3 Å². The van der Waals surface area contributed by atoms with Crippen molar-refractivity contribution >= 4 is 11.3 Å². The van der Waals surface area contributed by atoms with Gasteiger partial charge in [0.05, 0.1) is 11.2 Å². The number of aryl methyl sites for hydroxylation is 2. The van der Waals surface area contributed by atoms with E-state index in [1.807, 2.05) is 6.92 Å². The molecule has 0 spiro atoms. The zero-order valence-electron chi connectivity index (χ0n) is 10.1. The molecule has 2 aromatic heterocycles. The van der Waals surface area contributed by atoms with Gasteiger partial charge in [-0.3, -0.25) is 0 Å². The maximum atomic E-state index is 5.61. The van der Waals surface area contributed by atoms with Gasteiger partial charge in [-0.15, -0.1) is 21.5 Å². The third-order valence-electron chi connectivity index (χ3n) is 2.40. The summed E-state index contributed by atoms with van der Waals surface area (Å²) in [6, 6.07) is 0. The fourth-order valence-corrected chi connectivity index (χ4v) is 2.22. The lowest BCUT2D eigenvalue weighted by atomic mass is 10.3. The molecule has 2 rings (SSSR count). The van der Waals surface area contributed by atoms with Crippen LogP contribution in [0.25, 0.3) is 10.8 Å². The number of rotatable bonds is 6. The van der Waals surface area contributed by atoms with E-state index in [1.165, 1.54) is 11.3 Å². The Hall–Kier alpha value is -1.27. The van der Waals surface area contributed by atoms with Crippen LogP contribution in [0.1, 0.15) is 24.9 Å². The Morgan fingerprint density at radius 3 is 3.00 bits per heavy atom. The van der Waals surface area contributed by atoms with Gasteiger partial charge in [0, 0.05) is 6.42 Å². The van der Waals surface area contributed by atoms with Crippen molar-refractivity contribution in [3.05, 3.63) is 17.1 Å². The van der Waals surface area contributed by atoms with Crippen molar-refractivity contribution in [1.82, 2.24) is 20.5 Å². The first-order chi connectivity index (χ1) is 8.31. The zero-order chi connectivity index (χ0) is 12.1. The number of aromatic nitrogens is 3. The molecule has 0 unspecified atom stereocenters. The van der Waals surface area contributed by atoms with E-state index in [-0.39, 0.29) is 0 Å². The lowest BCUT2D eigenvalue weighted by molar-refractivity contribution is 0.493. The van der Waals surface area contributed by atoms with E-state index in [0.29, 0.717) is 11.8 Å². The van der Waals surface area contributed by atoms with Crippen LogP contribution in [-0.2, 0) is 6.42 Å². The highest BCUT2D eigenvalue weighted by molar-refractivity contribution is 7.13. The van der Waals surface area contributed by atoms with Crippen molar-refractivity contribution in [2.45, 2.75) is 26.7 Å². The average molecular weight is 252 g/mol. The predicted octanol–water partition coefficient (Wildman–Crippen LogP) is 2.04. The van der Waals surface area contributed by atoms with E-state index in [1.54, 1.807) is 5.51 Å². The molecule has 0 saturated carbocycles. The van der Waals surface area contributed by atoms with Gasteiger partial charge in [-0.1, -0.05) is 6.92 Å². The van der Waals surface area contributed by atoms with Gasteiger partial charge in [-0.25, -0.2) is 4.98 Å². The standard InChI is InChI=1S/C11H16N4OS/c1-3-12-6-4-5-9-14-15-11(16-9)10-8(2)13-7-17-10/h7,12H,3-6H2,1-2H3. The monoisotopic (exact) mass is 252 g/mol. The van der Waals surface area contributed by atoms with E-state index < -0.39 is 0 Å². The molecule has 0 aliphatic carbocycles. The van der Waals surface area contributed by atoms with Gasteiger partial charge < -0.3 is 9.73 Å². The molecule has 0 fully saturated rings. The summed E-state index contributed by atoms with van der Waals surface area (Å²) in [4.78, 5) is 5.14. The fraction of sp³-hybridized carbons (Fsp3) is 0.545. The highest BCUT2D eigenvalue weighted by atomic mass is 32.1. The topological polar surface area (TPSA) is 63.8 Å². The first-order valence-electron chi connectivity index (χ1n) is 5.74. The Kier molecular flexibility index (Phi) is 4.22. The molecule has 2 heterocycles. The van der Waals surface area contributed by atoms with E-state index in [2.05, 4.69) is 27.4 Å². The largest absolute Gasteiger partial charge is 0.420 e. The summed E-state index contributed by atoms with van der Waals surface area (Å²) >= 11 is 1.53. The van der Waals surface area contributed by atoms with Crippen LogP contribution < -0.4 is 5.32 Å². The quantitative estimate of drug-likeness (QED) is 0.797. The summed E-state index contributed by atoms with van der Waals surface area (Å²) in [5, 5.41) is 11.4. The summed E-state index contributed by atoms with van der Waals surface area (Å²) < 4.78 is 5.61. The molecule has 6 heteroatoms. The minimum absolute atomic E-state index is 0.587. The highest BCUT2D eigenvalue weighted by Crippen LogP contribution is 2.25. The molecule has 0 aliphatic heterocycles. The van der Waals surface area contributed by atoms with Crippen LogP contribution in [0.2, 0.25) is 0 Å². The maximum Gasteiger partial charge on any atom is 0.259 e. The van der Waals surface area contributed by atoms with E-state index in [0.717, 1.165) is 36.5 Å². The van der Waals surface area contributed by atoms with Crippen LogP contribution in [-0.4, -0.2) is 28.3 Å². The second-order valence-electron chi connectivity index (χ2n) is 3.72. The smallest absolute Gasteiger partial charge is 0.259 e. The molecule has 0 saturated heterocycles. The number of hydrogen-bond acceptors (Lipinski definition) is 6. The highest BCUT2D eigenvalue weighted by Gasteiger charge is 2.12. The Balaban J connectivity index is 1.95. The van der Waals surface area contributed by atoms with Gasteiger partial charge in [0.1, 0.15) is 4.88 Å². The Morgan fingerprint density at radius 2 is 2.29 bits per heavy atom. The first kappa shape index (κ1) is 12.2. The molecule has 0 aromatic carbocycles. The Labute approximate surface area is 104 Å². The number of thiazole rings is 1. The summed E-state index contributed by atoms with van der Waals surface area (Å²) in [6.45, 7) is 6.02. The van der Waals surface area contributed by atoms with Crippen LogP contribution in [0.4, 0.5) is 0 Å². The number of nitrogens with zero attached hydrogens (tertiary/aromatic N) is 3. The number of nitrogens with one attached hydrogen (secondary N) is 1. The summed E-state index contributed by atoms with van der Waals surface area (Å²) in [5.41, 5.74) is 2.73. The minimum atomic E-state index is 0.587. The molecule has 5 nitrogen and oxygen atoms in total. The van der Waals surface area contributed by atoms with Gasteiger partial charge in [0.15, 0.2) is 0 Å². The molecule has 17 heavy (non-hydrogen) atoms. The number of hydrogen-bond donors (Lipinski definition) is 1. The molecule has 0 bridgehead atoms. The van der Waals surface area contributed by atoms with E-state index >= 15 is 0 Å². The zero-order valence-corrected chi connectivity index (χ0v) is 10.9. The third kappa shape index (κ3) is 3.10. The molecule has 0 atom stereocenters. The second kappa shape index (κ2) is 5.88. The molecular formula is C11H16N4OS. The van der Waals surface area contributed by atoms with Gasteiger partial charge in [0.25, 0.3) is 5.89 Å². The van der Waals surface area contributed by atoms with Gasteiger partial charge >= 0.3 is 0 Å². The van der Waals surface area contributed by atoms with Crippen molar-refractivity contribution in [3.8, 4) is 10.8 Å². The van der Waals surface area contributed by atoms with Crippen molar-refractivity contribution in [2.24, 2.45) is 0 Å². The molecule has 0 amide bonds. The van der Waals surface area contributed by atoms with Crippen LogP contribution in [0, 0.1) is 6.92 Å². The second-order valence-corrected chi connectivity index (χ2v) is 4.58. The molecule has 2 aromatic rings. The van der Waals surface area contributed by atoms with Gasteiger partial charge in [-0.2, -0.15) is 0 Å². The molecular weight excluding hydrogens is 236 g/mol. The van der Waals surface area contributed by atoms with Crippen LogP contribution in [0.3, 0.4) is 0 Å². The minimum Gasteiger partial charge on any atom is -0.420 e. The summed E-state index contributed by atoms with van der Waals surface area (Å²) in [7, 11) is 0. The van der Waals surface area contributed by atoms with E-state index in [9.17, 15) is 0 Å². The lowest BCUT2D eigenvalue weighted by Crippen LogP contribution is -2.14. The SMILES string of the molecule is CCNCCCc1nnc(-c2scnc2C)o1. The third-order valence-corrected chi connectivity index (χ3v) is 3.32. The molecule has 0 aliphatic rings. The predicted molar refractivity (Wildman–Crippen MR) is 67.0 cm³/mol. The van der Waals surface area contributed by atoms with Crippen molar-refractivity contribution in [2.75, 3.05) is 13.1 Å². The summed E-state index contributed by atoms with van der Waals surface area (Å²) in [6.07, 6.45) is 1.83. The Bertz CT molecular complexity index is 465. The van der Waals surface area contributed by atoms with Crippen molar-refractivity contribution in [1.29, 1.82) is 0 Å². The van der Waals surface area contributed by atoms with Crippen molar-refractivity contribution in [3.63, 3.8) is 0 Å². The van der Waals surface area contributed by atoms with Gasteiger partial charge in [0.2, 0.25) is 5.89 Å². The summed E-state index contributed by atoms with van der Waals surface area (Å²) in [5.74, 6) is 1.29. The maximum absolute atomic E-state index is 5.61. The van der Waals surface area contributed by atoms with E-state index in [4.69, 9.17) is 4.42 Å². The average Bonchev–Trinajstić information content (AvgIpc) is 2.93. The van der Waals surface area contributed by atoms with Gasteiger partial charge in [-0.05, 0) is 26.4 Å². The lowest BCUT2D eigenvalue weighted by Gasteiger charge is -1.97. The first-order valence-corrected chi connectivity index (χ1v) is 6.62. The molecule has 0 radical (unpaired) electrons. The Morgan fingerprint density at radius 1 is 1.41 bits per heavy atom. The molecule has 1 N–H and O–H groups in total. The molecule has 92 valence electrons. The van der Waals surface area contributed by atoms with Crippen molar-refractivity contribution < 1.29 is 4.42 Å². The van der Waals surface area contributed by atoms with Crippen LogP contribution in [0.5, 0.6) is 0 Å². The fourth-order valence-electron chi connectivity index (χ4n) is 1.49.